The summed E-state index contributed by atoms with van der Waals surface area (Å²) < 4.78 is 0. The lowest BCUT2D eigenvalue weighted by atomic mass is 10.0. The van der Waals surface area contributed by atoms with Crippen LogP contribution in [-0.2, 0) is 0 Å². The fourth-order valence-corrected chi connectivity index (χ4v) is 1.98. The first-order chi connectivity index (χ1) is 6.84. The summed E-state index contributed by atoms with van der Waals surface area (Å²) >= 11 is 0. The minimum absolute atomic E-state index is 0. The van der Waals surface area contributed by atoms with E-state index in [1.807, 2.05) is 0 Å². The summed E-state index contributed by atoms with van der Waals surface area (Å²) in [4.78, 5) is 2.39. The molecule has 1 nitrogen and oxygen atoms in total. The van der Waals surface area contributed by atoms with E-state index in [1.54, 1.807) is 5.57 Å². The SMILES string of the molecule is CN1CCC/C(=C\c2ccccc2)C1.Cl. The van der Waals surface area contributed by atoms with Crippen molar-refractivity contribution in [1.82, 2.24) is 4.90 Å². The van der Waals surface area contributed by atoms with Crippen molar-refractivity contribution in [3.63, 3.8) is 0 Å². The van der Waals surface area contributed by atoms with E-state index in [1.165, 1.54) is 24.9 Å². The van der Waals surface area contributed by atoms with Crippen molar-refractivity contribution in [2.75, 3.05) is 20.1 Å². The van der Waals surface area contributed by atoms with E-state index in [9.17, 15) is 0 Å². The lowest BCUT2D eigenvalue weighted by Gasteiger charge is -2.24. The molecule has 0 aromatic heterocycles. The second kappa shape index (κ2) is 5.94. The summed E-state index contributed by atoms with van der Waals surface area (Å²) in [6.45, 7) is 2.38. The van der Waals surface area contributed by atoms with E-state index in [-0.39, 0.29) is 12.4 Å². The predicted octanol–water partition coefficient (Wildman–Crippen LogP) is 3.22. The van der Waals surface area contributed by atoms with Gasteiger partial charge in [-0.15, -0.1) is 12.4 Å². The molecule has 0 spiro atoms. The number of benzene rings is 1. The number of rotatable bonds is 1. The van der Waals surface area contributed by atoms with Gasteiger partial charge in [0.2, 0.25) is 0 Å². The van der Waals surface area contributed by atoms with Gasteiger partial charge in [0.1, 0.15) is 0 Å². The molecule has 0 N–H and O–H groups in total. The van der Waals surface area contributed by atoms with Crippen LogP contribution in [0.25, 0.3) is 6.08 Å². The average Bonchev–Trinajstić information content (AvgIpc) is 2.19. The molecule has 1 aromatic rings. The van der Waals surface area contributed by atoms with E-state index < -0.39 is 0 Å². The molecule has 0 radical (unpaired) electrons. The molecule has 1 aliphatic heterocycles. The Hall–Kier alpha value is -0.790. The van der Waals surface area contributed by atoms with Crippen LogP contribution in [0.2, 0.25) is 0 Å². The summed E-state index contributed by atoms with van der Waals surface area (Å²) in [5, 5.41) is 0. The fraction of sp³-hybridized carbons (Fsp3) is 0.385. The smallest absolute Gasteiger partial charge is 0.0193 e. The van der Waals surface area contributed by atoms with Gasteiger partial charge in [0.25, 0.3) is 0 Å². The first-order valence-electron chi connectivity index (χ1n) is 5.27. The zero-order valence-corrected chi connectivity index (χ0v) is 9.96. The van der Waals surface area contributed by atoms with Gasteiger partial charge in [0.05, 0.1) is 0 Å². The summed E-state index contributed by atoms with van der Waals surface area (Å²) in [5.41, 5.74) is 2.89. The van der Waals surface area contributed by atoms with Crippen molar-refractivity contribution in [3.05, 3.63) is 41.5 Å². The highest BCUT2D eigenvalue weighted by molar-refractivity contribution is 5.85. The van der Waals surface area contributed by atoms with E-state index in [0.29, 0.717) is 0 Å². The monoisotopic (exact) mass is 223 g/mol. The Kier molecular flexibility index (Phi) is 4.86. The van der Waals surface area contributed by atoms with Gasteiger partial charge in [-0.3, -0.25) is 0 Å². The third-order valence-corrected chi connectivity index (χ3v) is 2.68. The number of likely N-dealkylation sites (tertiary alicyclic amines) is 1. The molecule has 1 fully saturated rings. The number of hydrogen-bond donors (Lipinski definition) is 0. The topological polar surface area (TPSA) is 3.24 Å². The van der Waals surface area contributed by atoms with E-state index in [0.717, 1.165) is 6.54 Å². The summed E-state index contributed by atoms with van der Waals surface area (Å²) in [5.74, 6) is 0. The number of hydrogen-bond acceptors (Lipinski definition) is 1. The van der Waals surface area contributed by atoms with Gasteiger partial charge in [-0.25, -0.2) is 0 Å². The van der Waals surface area contributed by atoms with Gasteiger partial charge in [-0.2, -0.15) is 0 Å². The van der Waals surface area contributed by atoms with Gasteiger partial charge in [0, 0.05) is 6.54 Å². The molecule has 0 aliphatic carbocycles. The maximum absolute atomic E-state index is 2.39. The number of piperidine rings is 1. The van der Waals surface area contributed by atoms with Crippen LogP contribution in [0.5, 0.6) is 0 Å². The summed E-state index contributed by atoms with van der Waals surface area (Å²) in [6.07, 6.45) is 4.89. The second-order valence-electron chi connectivity index (χ2n) is 4.05. The highest BCUT2D eigenvalue weighted by Gasteiger charge is 2.09. The molecule has 1 saturated heterocycles. The standard InChI is InChI=1S/C13H17N.ClH/c1-14-9-5-8-13(11-14)10-12-6-3-2-4-7-12;/h2-4,6-7,10H,5,8-9,11H2,1H3;1H/b13-10+;. The lowest BCUT2D eigenvalue weighted by Crippen LogP contribution is -2.26. The van der Waals surface area contributed by atoms with E-state index in [4.69, 9.17) is 0 Å². The molecule has 0 amide bonds. The molecule has 1 aliphatic rings. The Balaban J connectivity index is 0.00000112. The van der Waals surface area contributed by atoms with Gasteiger partial charge >= 0.3 is 0 Å². The molecule has 0 atom stereocenters. The highest BCUT2D eigenvalue weighted by Crippen LogP contribution is 2.17. The second-order valence-corrected chi connectivity index (χ2v) is 4.05. The molecular weight excluding hydrogens is 206 g/mol. The van der Waals surface area contributed by atoms with Crippen LogP contribution >= 0.6 is 12.4 Å². The zero-order chi connectivity index (χ0) is 9.80. The normalized spacial score (nSPS) is 19.9. The third-order valence-electron chi connectivity index (χ3n) is 2.68. The van der Waals surface area contributed by atoms with Gasteiger partial charge in [0.15, 0.2) is 0 Å². The Labute approximate surface area is 98.2 Å². The van der Waals surface area contributed by atoms with Crippen molar-refractivity contribution in [1.29, 1.82) is 0 Å². The van der Waals surface area contributed by atoms with Crippen LogP contribution in [0.4, 0.5) is 0 Å². The maximum atomic E-state index is 2.39. The minimum atomic E-state index is 0. The molecule has 0 bridgehead atoms. The van der Waals surface area contributed by atoms with E-state index in [2.05, 4.69) is 48.4 Å². The molecule has 1 aromatic carbocycles. The molecule has 15 heavy (non-hydrogen) atoms. The predicted molar refractivity (Wildman–Crippen MR) is 68.4 cm³/mol. The average molecular weight is 224 g/mol. The first-order valence-corrected chi connectivity index (χ1v) is 5.27. The Morgan fingerprint density at radius 1 is 1.20 bits per heavy atom. The molecule has 2 rings (SSSR count). The quantitative estimate of drug-likeness (QED) is 0.707. The summed E-state index contributed by atoms with van der Waals surface area (Å²) in [6, 6.07) is 10.6. The highest BCUT2D eigenvalue weighted by atomic mass is 35.5. The largest absolute Gasteiger partial charge is 0.302 e. The van der Waals surface area contributed by atoms with Crippen LogP contribution in [0, 0.1) is 0 Å². The van der Waals surface area contributed by atoms with Crippen LogP contribution < -0.4 is 0 Å². The van der Waals surface area contributed by atoms with Crippen LogP contribution in [0.15, 0.2) is 35.9 Å². The Morgan fingerprint density at radius 2 is 1.93 bits per heavy atom. The van der Waals surface area contributed by atoms with Crippen LogP contribution in [0.3, 0.4) is 0 Å². The number of nitrogens with zero attached hydrogens (tertiary/aromatic N) is 1. The first kappa shape index (κ1) is 12.3. The van der Waals surface area contributed by atoms with Crippen LogP contribution in [0.1, 0.15) is 18.4 Å². The van der Waals surface area contributed by atoms with Crippen molar-refractivity contribution >= 4 is 18.5 Å². The lowest BCUT2D eigenvalue weighted by molar-refractivity contribution is 0.324. The fourth-order valence-electron chi connectivity index (χ4n) is 1.98. The number of likely N-dealkylation sites (N-methyl/N-ethyl adjacent to an activating group) is 1. The summed E-state index contributed by atoms with van der Waals surface area (Å²) in [7, 11) is 2.19. The molecule has 2 heteroatoms. The molecule has 0 saturated carbocycles. The minimum Gasteiger partial charge on any atom is -0.302 e. The maximum Gasteiger partial charge on any atom is 0.0193 e. The molecule has 82 valence electrons. The van der Waals surface area contributed by atoms with Crippen molar-refractivity contribution in [3.8, 4) is 0 Å². The van der Waals surface area contributed by atoms with Gasteiger partial charge < -0.3 is 4.90 Å². The molecule has 0 unspecified atom stereocenters. The van der Waals surface area contributed by atoms with Crippen LogP contribution in [-0.4, -0.2) is 25.0 Å². The molecule has 1 heterocycles. The third kappa shape index (κ3) is 3.69. The van der Waals surface area contributed by atoms with Crippen molar-refractivity contribution in [2.24, 2.45) is 0 Å². The van der Waals surface area contributed by atoms with Crippen molar-refractivity contribution < 1.29 is 0 Å². The Morgan fingerprint density at radius 3 is 2.60 bits per heavy atom. The molecular formula is C13H18ClN. The zero-order valence-electron chi connectivity index (χ0n) is 9.15. The van der Waals surface area contributed by atoms with E-state index >= 15 is 0 Å². The van der Waals surface area contributed by atoms with Gasteiger partial charge in [-0.1, -0.05) is 42.0 Å². The number of halogens is 1. The Bertz CT molecular complexity index is 319. The van der Waals surface area contributed by atoms with Crippen molar-refractivity contribution in [2.45, 2.75) is 12.8 Å². The van der Waals surface area contributed by atoms with Gasteiger partial charge in [-0.05, 0) is 32.0 Å².